The normalized spacial score (nSPS) is 10.4. The van der Waals surface area contributed by atoms with E-state index in [-0.39, 0.29) is 17.4 Å². The summed E-state index contributed by atoms with van der Waals surface area (Å²) in [6, 6.07) is 1.69. The Kier molecular flexibility index (Phi) is 8.30. The van der Waals surface area contributed by atoms with Crippen LogP contribution in [0.5, 0.6) is 17.2 Å². The van der Waals surface area contributed by atoms with Gasteiger partial charge in [0.25, 0.3) is 0 Å². The second-order valence-electron chi connectivity index (χ2n) is 5.72. The van der Waals surface area contributed by atoms with Crippen LogP contribution in [0, 0.1) is 6.92 Å². The molecule has 0 unspecified atom stereocenters. The number of carbonyl (C=O) groups excluding carboxylic acids is 1. The Morgan fingerprint density at radius 3 is 2.30 bits per heavy atom. The number of anilines is 1. The number of rotatable bonds is 10. The quantitative estimate of drug-likeness (QED) is 0.494. The molecule has 0 aliphatic carbocycles. The van der Waals surface area contributed by atoms with Gasteiger partial charge in [0.2, 0.25) is 11.7 Å². The van der Waals surface area contributed by atoms with Crippen molar-refractivity contribution < 1.29 is 19.4 Å². The molecule has 23 heavy (non-hydrogen) atoms. The number of hydrogen-bond donors (Lipinski definition) is 2. The van der Waals surface area contributed by atoms with Crippen molar-refractivity contribution in [3.63, 3.8) is 0 Å². The van der Waals surface area contributed by atoms with Gasteiger partial charge in [-0.3, -0.25) is 4.79 Å². The summed E-state index contributed by atoms with van der Waals surface area (Å²) >= 11 is 0. The predicted octanol–water partition coefficient (Wildman–Crippen LogP) is 4.41. The topological polar surface area (TPSA) is 67.8 Å². The minimum atomic E-state index is -0.0501. The Labute approximate surface area is 139 Å². The number of phenolic OH excluding ortho intramolecular Hbond substituents is 1. The average molecular weight is 323 g/mol. The fourth-order valence-electron chi connectivity index (χ4n) is 2.52. The van der Waals surface area contributed by atoms with E-state index in [0.717, 1.165) is 12.8 Å². The van der Waals surface area contributed by atoms with Gasteiger partial charge in [-0.05, 0) is 25.0 Å². The molecular formula is C18H29NO4. The second-order valence-corrected chi connectivity index (χ2v) is 5.72. The number of hydrogen-bond acceptors (Lipinski definition) is 4. The van der Waals surface area contributed by atoms with Crippen LogP contribution in [-0.2, 0) is 4.79 Å². The Balaban J connectivity index is 2.62. The lowest BCUT2D eigenvalue weighted by Gasteiger charge is -2.16. The van der Waals surface area contributed by atoms with Crippen molar-refractivity contribution in [1.29, 1.82) is 0 Å². The van der Waals surface area contributed by atoms with E-state index in [2.05, 4.69) is 12.2 Å². The van der Waals surface area contributed by atoms with E-state index in [1.54, 1.807) is 13.0 Å². The van der Waals surface area contributed by atoms with Gasteiger partial charge in [0, 0.05) is 6.42 Å². The number of ether oxygens (including phenoxy) is 2. The largest absolute Gasteiger partial charge is 0.504 e. The number of aryl methyl sites for hydroxylation is 1. The molecule has 0 saturated carbocycles. The smallest absolute Gasteiger partial charge is 0.224 e. The molecule has 0 aliphatic rings. The number of methoxy groups -OCH3 is 2. The lowest BCUT2D eigenvalue weighted by Crippen LogP contribution is -2.12. The summed E-state index contributed by atoms with van der Waals surface area (Å²) in [6.45, 7) is 3.94. The maximum atomic E-state index is 12.1. The Morgan fingerprint density at radius 2 is 1.70 bits per heavy atom. The number of amides is 1. The van der Waals surface area contributed by atoms with Gasteiger partial charge in [0.1, 0.15) is 0 Å². The predicted molar refractivity (Wildman–Crippen MR) is 92.6 cm³/mol. The van der Waals surface area contributed by atoms with Crippen LogP contribution >= 0.6 is 0 Å². The molecule has 0 heterocycles. The van der Waals surface area contributed by atoms with Crippen molar-refractivity contribution in [2.45, 2.75) is 58.8 Å². The molecule has 1 amide bonds. The molecular weight excluding hydrogens is 294 g/mol. The molecule has 1 aromatic carbocycles. The third-order valence-electron chi connectivity index (χ3n) is 3.84. The summed E-state index contributed by atoms with van der Waals surface area (Å²) in [6.07, 6.45) is 7.33. The summed E-state index contributed by atoms with van der Waals surface area (Å²) in [5.74, 6) is 0.554. The summed E-state index contributed by atoms with van der Waals surface area (Å²) in [5, 5.41) is 12.8. The van der Waals surface area contributed by atoms with E-state index in [9.17, 15) is 9.90 Å². The number of carbonyl (C=O) groups is 1. The first-order chi connectivity index (χ1) is 11.0. The molecule has 0 saturated heterocycles. The Morgan fingerprint density at radius 1 is 1.09 bits per heavy atom. The van der Waals surface area contributed by atoms with Gasteiger partial charge in [-0.2, -0.15) is 0 Å². The van der Waals surface area contributed by atoms with Crippen LogP contribution in [-0.4, -0.2) is 25.2 Å². The fourth-order valence-corrected chi connectivity index (χ4v) is 2.52. The molecule has 0 radical (unpaired) electrons. The minimum absolute atomic E-state index is 0.0262. The first kappa shape index (κ1) is 19.1. The maximum Gasteiger partial charge on any atom is 0.224 e. The number of nitrogens with one attached hydrogen (secondary N) is 1. The van der Waals surface area contributed by atoms with Crippen molar-refractivity contribution in [1.82, 2.24) is 0 Å². The van der Waals surface area contributed by atoms with Gasteiger partial charge in [-0.1, -0.05) is 39.0 Å². The van der Waals surface area contributed by atoms with Gasteiger partial charge < -0.3 is 19.9 Å². The van der Waals surface area contributed by atoms with E-state index >= 15 is 0 Å². The highest BCUT2D eigenvalue weighted by Crippen LogP contribution is 2.44. The van der Waals surface area contributed by atoms with Gasteiger partial charge in [-0.25, -0.2) is 0 Å². The molecule has 2 N–H and O–H groups in total. The third kappa shape index (κ3) is 5.66. The van der Waals surface area contributed by atoms with Crippen LogP contribution in [0.4, 0.5) is 5.69 Å². The van der Waals surface area contributed by atoms with Crippen LogP contribution in [0.3, 0.4) is 0 Å². The summed E-state index contributed by atoms with van der Waals surface area (Å²) < 4.78 is 10.5. The van der Waals surface area contributed by atoms with Crippen molar-refractivity contribution in [3.8, 4) is 17.2 Å². The Hall–Kier alpha value is -1.91. The third-order valence-corrected chi connectivity index (χ3v) is 3.84. The van der Waals surface area contributed by atoms with E-state index in [4.69, 9.17) is 9.47 Å². The van der Waals surface area contributed by atoms with E-state index in [1.165, 1.54) is 39.9 Å². The molecule has 1 rings (SSSR count). The molecule has 0 fully saturated rings. The number of unbranched alkanes of at least 4 members (excludes halogenated alkanes) is 5. The summed E-state index contributed by atoms with van der Waals surface area (Å²) in [7, 11) is 2.94. The number of aromatic hydroxyl groups is 1. The van der Waals surface area contributed by atoms with E-state index in [0.29, 0.717) is 23.4 Å². The van der Waals surface area contributed by atoms with Crippen LogP contribution in [0.25, 0.3) is 0 Å². The second kappa shape index (κ2) is 9.98. The monoisotopic (exact) mass is 323 g/mol. The van der Waals surface area contributed by atoms with Crippen molar-refractivity contribution >= 4 is 11.6 Å². The molecule has 1 aromatic rings. The molecule has 0 atom stereocenters. The van der Waals surface area contributed by atoms with E-state index < -0.39 is 0 Å². The maximum absolute atomic E-state index is 12.1. The van der Waals surface area contributed by atoms with Crippen LogP contribution in [0.15, 0.2) is 6.07 Å². The van der Waals surface area contributed by atoms with Crippen LogP contribution in [0.1, 0.15) is 57.4 Å². The minimum Gasteiger partial charge on any atom is -0.504 e. The lowest BCUT2D eigenvalue weighted by molar-refractivity contribution is -0.116. The van der Waals surface area contributed by atoms with Gasteiger partial charge in [0.05, 0.1) is 19.9 Å². The van der Waals surface area contributed by atoms with Crippen LogP contribution < -0.4 is 14.8 Å². The zero-order valence-electron chi connectivity index (χ0n) is 14.7. The van der Waals surface area contributed by atoms with Crippen molar-refractivity contribution in [2.24, 2.45) is 0 Å². The lowest BCUT2D eigenvalue weighted by atomic mass is 10.1. The van der Waals surface area contributed by atoms with Crippen molar-refractivity contribution in [2.75, 3.05) is 19.5 Å². The highest BCUT2D eigenvalue weighted by molar-refractivity contribution is 5.93. The van der Waals surface area contributed by atoms with Crippen LogP contribution in [0.2, 0.25) is 0 Å². The SMILES string of the molecule is CCCCCCCCC(=O)Nc1cc(C)c(O)c(OC)c1OC. The zero-order valence-corrected chi connectivity index (χ0v) is 14.7. The van der Waals surface area contributed by atoms with Crippen molar-refractivity contribution in [3.05, 3.63) is 11.6 Å². The highest BCUT2D eigenvalue weighted by Gasteiger charge is 2.18. The molecule has 0 spiro atoms. The molecule has 0 aliphatic heterocycles. The standard InChI is InChI=1S/C18H29NO4/c1-5-6-7-8-9-10-11-15(20)19-14-12-13(2)16(21)18(23-4)17(14)22-3/h12,21H,5-11H2,1-4H3,(H,19,20). The molecule has 130 valence electrons. The summed E-state index contributed by atoms with van der Waals surface area (Å²) in [4.78, 5) is 12.1. The summed E-state index contributed by atoms with van der Waals surface area (Å²) in [5.41, 5.74) is 1.15. The average Bonchev–Trinajstić information content (AvgIpc) is 2.53. The first-order valence-corrected chi connectivity index (χ1v) is 8.29. The molecule has 0 bridgehead atoms. The Bertz CT molecular complexity index is 514. The molecule has 5 heteroatoms. The molecule has 0 aromatic heterocycles. The highest BCUT2D eigenvalue weighted by atomic mass is 16.5. The fraction of sp³-hybridized carbons (Fsp3) is 0.611. The van der Waals surface area contributed by atoms with Gasteiger partial charge in [-0.15, -0.1) is 0 Å². The van der Waals surface area contributed by atoms with E-state index in [1.807, 2.05) is 0 Å². The first-order valence-electron chi connectivity index (χ1n) is 8.29. The number of benzene rings is 1. The number of phenols is 1. The molecule has 5 nitrogen and oxygen atoms in total. The van der Waals surface area contributed by atoms with Gasteiger partial charge >= 0.3 is 0 Å². The van der Waals surface area contributed by atoms with Gasteiger partial charge in [0.15, 0.2) is 11.5 Å². The zero-order chi connectivity index (χ0) is 17.2.